The van der Waals surface area contributed by atoms with E-state index in [1.165, 1.54) is 6.42 Å². The maximum atomic E-state index is 12.1. The van der Waals surface area contributed by atoms with Crippen LogP contribution in [0.4, 0.5) is 18.0 Å². The summed E-state index contributed by atoms with van der Waals surface area (Å²) in [5, 5.41) is 5.67. The number of urea groups is 1. The van der Waals surface area contributed by atoms with Crippen molar-refractivity contribution in [3.63, 3.8) is 0 Å². The maximum absolute atomic E-state index is 12.1. The summed E-state index contributed by atoms with van der Waals surface area (Å²) >= 11 is 0. The number of carbonyl (C=O) groups excluding carboxylic acids is 1. The molecule has 0 aromatic heterocycles. The van der Waals surface area contributed by atoms with Gasteiger partial charge in [-0.15, -0.1) is 0 Å². The highest BCUT2D eigenvalue weighted by Gasteiger charge is 2.61. The average Bonchev–Trinajstić information content (AvgIpc) is 2.70. The monoisotopic (exact) mass is 336 g/mol. The van der Waals surface area contributed by atoms with Crippen molar-refractivity contribution in [1.82, 2.24) is 10.6 Å². The Morgan fingerprint density at radius 2 is 2.00 bits per heavy atom. The van der Waals surface area contributed by atoms with Crippen LogP contribution in [0.5, 0.6) is 0 Å². The smallest absolute Gasteiger partial charge is 0.370 e. The second kappa shape index (κ2) is 6.15. The summed E-state index contributed by atoms with van der Waals surface area (Å²) in [6.07, 6.45) is -1.08. The van der Waals surface area contributed by atoms with Crippen molar-refractivity contribution in [3.8, 4) is 0 Å². The lowest BCUT2D eigenvalue weighted by atomic mass is 9.69. The van der Waals surface area contributed by atoms with E-state index in [4.69, 9.17) is 0 Å². The molecule has 0 aliphatic heterocycles. The van der Waals surface area contributed by atoms with Crippen LogP contribution in [-0.4, -0.2) is 37.5 Å². The van der Waals surface area contributed by atoms with E-state index in [2.05, 4.69) is 36.1 Å². The van der Waals surface area contributed by atoms with Gasteiger partial charge in [0.25, 0.3) is 0 Å². The van der Waals surface area contributed by atoms with Gasteiger partial charge in [0.05, 0.1) is 12.6 Å². The molecule has 2 saturated carbocycles. The van der Waals surface area contributed by atoms with E-state index in [1.807, 2.05) is 0 Å². The molecule has 134 valence electrons. The standard InChI is InChI=1S/C16H27F3N2O2/c1-10(8-23-9-16(17,18)19)20-13(22)21-12-7-11-5-6-15(12,4)14(11,2)3/h10-12H,5-9H2,1-4H3,(H2,20,21,22)/t10-,11+,12+,15+/m0/s1. The molecule has 2 bridgehead atoms. The fourth-order valence-electron chi connectivity index (χ4n) is 4.24. The van der Waals surface area contributed by atoms with Crippen molar-refractivity contribution in [2.24, 2.45) is 16.7 Å². The molecule has 0 aromatic rings. The summed E-state index contributed by atoms with van der Waals surface area (Å²) in [7, 11) is 0. The third kappa shape index (κ3) is 3.75. The minimum atomic E-state index is -4.34. The molecule has 2 aliphatic carbocycles. The van der Waals surface area contributed by atoms with E-state index in [1.54, 1.807) is 6.92 Å². The predicted octanol–water partition coefficient (Wildman–Crippen LogP) is 3.47. The summed E-state index contributed by atoms with van der Waals surface area (Å²) in [5.41, 5.74) is 0.275. The van der Waals surface area contributed by atoms with Crippen LogP contribution in [0.1, 0.15) is 47.0 Å². The molecule has 4 nitrogen and oxygen atoms in total. The summed E-state index contributed by atoms with van der Waals surface area (Å²) in [6, 6.07) is -0.695. The van der Waals surface area contributed by atoms with Crippen LogP contribution in [0, 0.1) is 16.7 Å². The molecule has 2 amide bonds. The van der Waals surface area contributed by atoms with E-state index in [0.29, 0.717) is 5.92 Å². The van der Waals surface area contributed by atoms with Gasteiger partial charge in [0.15, 0.2) is 0 Å². The highest BCUT2D eigenvalue weighted by Crippen LogP contribution is 2.65. The van der Waals surface area contributed by atoms with Crippen molar-refractivity contribution in [2.75, 3.05) is 13.2 Å². The van der Waals surface area contributed by atoms with Crippen LogP contribution in [0.25, 0.3) is 0 Å². The van der Waals surface area contributed by atoms with Crippen molar-refractivity contribution in [2.45, 2.75) is 65.2 Å². The number of nitrogens with one attached hydrogen (secondary N) is 2. The Hall–Kier alpha value is -0.980. The highest BCUT2D eigenvalue weighted by molar-refractivity contribution is 5.74. The first kappa shape index (κ1) is 18.4. The maximum Gasteiger partial charge on any atom is 0.411 e. The minimum absolute atomic E-state index is 0.0744. The van der Waals surface area contributed by atoms with E-state index in [0.717, 1.165) is 12.8 Å². The molecular formula is C16H27F3N2O2. The number of rotatable bonds is 5. The number of hydrogen-bond acceptors (Lipinski definition) is 2. The normalized spacial score (nSPS) is 33.5. The lowest BCUT2D eigenvalue weighted by Crippen LogP contribution is -2.52. The number of hydrogen-bond donors (Lipinski definition) is 2. The molecule has 23 heavy (non-hydrogen) atoms. The first-order valence-corrected chi connectivity index (χ1v) is 8.17. The molecule has 7 heteroatoms. The molecule has 0 radical (unpaired) electrons. The zero-order valence-corrected chi connectivity index (χ0v) is 14.2. The molecule has 0 saturated heterocycles. The van der Waals surface area contributed by atoms with Crippen molar-refractivity contribution in [1.29, 1.82) is 0 Å². The Bertz CT molecular complexity index is 453. The van der Waals surface area contributed by atoms with Crippen LogP contribution in [-0.2, 0) is 4.74 Å². The Labute approximate surface area is 135 Å². The van der Waals surface area contributed by atoms with Gasteiger partial charge >= 0.3 is 12.2 Å². The van der Waals surface area contributed by atoms with Gasteiger partial charge in [-0.2, -0.15) is 13.2 Å². The third-order valence-electron chi connectivity index (χ3n) is 6.11. The zero-order valence-electron chi connectivity index (χ0n) is 14.2. The second-order valence-corrected chi connectivity index (χ2v) is 7.81. The summed E-state index contributed by atoms with van der Waals surface area (Å²) < 4.78 is 40.6. The quantitative estimate of drug-likeness (QED) is 0.808. The lowest BCUT2D eigenvalue weighted by Gasteiger charge is -2.39. The Morgan fingerprint density at radius 3 is 2.48 bits per heavy atom. The zero-order chi connectivity index (χ0) is 17.5. The molecule has 0 aromatic carbocycles. The molecule has 0 spiro atoms. The van der Waals surface area contributed by atoms with Gasteiger partial charge in [0.2, 0.25) is 0 Å². The molecular weight excluding hydrogens is 309 g/mol. The molecule has 2 rings (SSSR count). The lowest BCUT2D eigenvalue weighted by molar-refractivity contribution is -0.174. The van der Waals surface area contributed by atoms with E-state index in [9.17, 15) is 18.0 Å². The predicted molar refractivity (Wildman–Crippen MR) is 81.0 cm³/mol. The number of carbonyl (C=O) groups is 1. The van der Waals surface area contributed by atoms with E-state index < -0.39 is 18.8 Å². The Balaban J connectivity index is 1.78. The van der Waals surface area contributed by atoms with Crippen LogP contribution in [0.3, 0.4) is 0 Å². The number of halogens is 3. The number of ether oxygens (including phenoxy) is 1. The molecule has 2 aliphatic rings. The van der Waals surface area contributed by atoms with Gasteiger partial charge in [-0.05, 0) is 42.9 Å². The van der Waals surface area contributed by atoms with Crippen LogP contribution < -0.4 is 10.6 Å². The minimum Gasteiger partial charge on any atom is -0.370 e. The number of amides is 2. The van der Waals surface area contributed by atoms with Crippen LogP contribution in [0.15, 0.2) is 0 Å². The highest BCUT2D eigenvalue weighted by atomic mass is 19.4. The molecule has 2 N–H and O–H groups in total. The fourth-order valence-corrected chi connectivity index (χ4v) is 4.24. The molecule has 2 fully saturated rings. The molecule has 4 atom stereocenters. The number of alkyl halides is 3. The van der Waals surface area contributed by atoms with Crippen LogP contribution >= 0.6 is 0 Å². The Morgan fingerprint density at radius 1 is 1.35 bits per heavy atom. The van der Waals surface area contributed by atoms with Gasteiger partial charge in [-0.25, -0.2) is 4.79 Å². The van der Waals surface area contributed by atoms with Gasteiger partial charge in [-0.1, -0.05) is 20.8 Å². The Kier molecular flexibility index (Phi) is 4.91. The van der Waals surface area contributed by atoms with Crippen molar-refractivity contribution >= 4 is 6.03 Å². The van der Waals surface area contributed by atoms with Gasteiger partial charge in [0.1, 0.15) is 6.61 Å². The topological polar surface area (TPSA) is 50.4 Å². The summed E-state index contributed by atoms with van der Waals surface area (Å²) in [6.45, 7) is 6.92. The van der Waals surface area contributed by atoms with Crippen molar-refractivity contribution < 1.29 is 22.7 Å². The van der Waals surface area contributed by atoms with Gasteiger partial charge < -0.3 is 15.4 Å². The van der Waals surface area contributed by atoms with Crippen LogP contribution in [0.2, 0.25) is 0 Å². The molecule has 0 unspecified atom stereocenters. The van der Waals surface area contributed by atoms with E-state index >= 15 is 0 Å². The van der Waals surface area contributed by atoms with Gasteiger partial charge in [0, 0.05) is 6.04 Å². The van der Waals surface area contributed by atoms with Gasteiger partial charge in [-0.3, -0.25) is 0 Å². The SMILES string of the molecule is C[C@@H](COCC(F)(F)F)NC(=O)N[C@@H]1C[C@H]2CC[C@@]1(C)C2(C)C. The fraction of sp³-hybridized carbons (Fsp3) is 0.938. The number of fused-ring (bicyclic) bond motifs is 2. The third-order valence-corrected chi connectivity index (χ3v) is 6.11. The first-order valence-electron chi connectivity index (χ1n) is 8.17. The summed E-state index contributed by atoms with van der Waals surface area (Å²) in [4.78, 5) is 12.1. The first-order chi connectivity index (χ1) is 10.5. The largest absolute Gasteiger partial charge is 0.411 e. The average molecular weight is 336 g/mol. The molecule has 0 heterocycles. The second-order valence-electron chi connectivity index (χ2n) is 7.81. The van der Waals surface area contributed by atoms with E-state index in [-0.39, 0.29) is 29.5 Å². The summed E-state index contributed by atoms with van der Waals surface area (Å²) in [5.74, 6) is 0.616. The van der Waals surface area contributed by atoms with Crippen molar-refractivity contribution in [3.05, 3.63) is 0 Å².